The van der Waals surface area contributed by atoms with E-state index in [0.717, 1.165) is 40.0 Å². The van der Waals surface area contributed by atoms with Crippen LogP contribution in [-0.2, 0) is 11.2 Å². The van der Waals surface area contributed by atoms with Gasteiger partial charge in [0.2, 0.25) is 6.41 Å². The monoisotopic (exact) mass is 309 g/mol. The van der Waals surface area contributed by atoms with E-state index in [-0.39, 0.29) is 0 Å². The van der Waals surface area contributed by atoms with Crippen LogP contribution < -0.4 is 4.90 Å². The predicted octanol–water partition coefficient (Wildman–Crippen LogP) is 2.95. The van der Waals surface area contributed by atoms with E-state index < -0.39 is 0 Å². The second-order valence-electron chi connectivity index (χ2n) is 4.16. The molecule has 2 heterocycles. The third kappa shape index (κ3) is 2.03. The first-order chi connectivity index (χ1) is 8.62. The van der Waals surface area contributed by atoms with Gasteiger partial charge in [-0.3, -0.25) is 14.1 Å². The lowest BCUT2D eigenvalue weighted by Gasteiger charge is -2.16. The Morgan fingerprint density at radius 2 is 2.22 bits per heavy atom. The van der Waals surface area contributed by atoms with E-state index >= 15 is 0 Å². The standard InChI is InChI=1S/C13H16BrN3O/c1-4-11-13(16(5-2)8-18)17-7-10(14)6-9(3)12(17)15-11/h6-8H,4-5H2,1-3H3. The number of carbonyl (C=O) groups is 1. The topological polar surface area (TPSA) is 37.6 Å². The summed E-state index contributed by atoms with van der Waals surface area (Å²) in [5.41, 5.74) is 2.95. The lowest BCUT2D eigenvalue weighted by Crippen LogP contribution is -2.23. The van der Waals surface area contributed by atoms with Gasteiger partial charge in [-0.15, -0.1) is 0 Å². The molecular weight excluding hydrogens is 294 g/mol. The van der Waals surface area contributed by atoms with Crippen molar-refractivity contribution in [1.82, 2.24) is 9.38 Å². The first kappa shape index (κ1) is 13.1. The fourth-order valence-corrected chi connectivity index (χ4v) is 2.67. The fourth-order valence-electron chi connectivity index (χ4n) is 2.12. The minimum absolute atomic E-state index is 0.635. The molecule has 4 nitrogen and oxygen atoms in total. The Morgan fingerprint density at radius 3 is 2.78 bits per heavy atom. The van der Waals surface area contributed by atoms with Gasteiger partial charge in [0.1, 0.15) is 11.5 Å². The predicted molar refractivity (Wildman–Crippen MR) is 76.1 cm³/mol. The van der Waals surface area contributed by atoms with Gasteiger partial charge in [0, 0.05) is 17.2 Å². The molecule has 0 unspecified atom stereocenters. The van der Waals surface area contributed by atoms with E-state index in [2.05, 4.69) is 20.9 Å². The van der Waals surface area contributed by atoms with Crippen LogP contribution >= 0.6 is 15.9 Å². The lowest BCUT2D eigenvalue weighted by atomic mass is 10.3. The van der Waals surface area contributed by atoms with Crippen LogP contribution in [0, 0.1) is 6.92 Å². The Morgan fingerprint density at radius 1 is 1.50 bits per heavy atom. The van der Waals surface area contributed by atoms with Crippen molar-refractivity contribution in [3.05, 3.63) is 28.0 Å². The summed E-state index contributed by atoms with van der Waals surface area (Å²) in [7, 11) is 0. The Balaban J connectivity index is 2.79. The molecule has 2 rings (SSSR count). The molecule has 18 heavy (non-hydrogen) atoms. The molecule has 2 aromatic heterocycles. The Kier molecular flexibility index (Phi) is 3.71. The molecule has 0 bridgehead atoms. The second kappa shape index (κ2) is 5.10. The molecule has 0 aliphatic carbocycles. The van der Waals surface area contributed by atoms with Crippen LogP contribution in [0.15, 0.2) is 16.7 Å². The Labute approximate surface area is 115 Å². The van der Waals surface area contributed by atoms with Crippen molar-refractivity contribution in [2.75, 3.05) is 11.4 Å². The summed E-state index contributed by atoms with van der Waals surface area (Å²) >= 11 is 3.49. The van der Waals surface area contributed by atoms with Gasteiger partial charge in [0.25, 0.3) is 0 Å². The molecule has 2 aromatic rings. The molecule has 0 saturated carbocycles. The Bertz CT molecular complexity index is 591. The third-order valence-corrected chi connectivity index (χ3v) is 3.42. The van der Waals surface area contributed by atoms with E-state index in [4.69, 9.17) is 0 Å². The molecule has 0 fully saturated rings. The highest BCUT2D eigenvalue weighted by molar-refractivity contribution is 9.10. The number of amides is 1. The van der Waals surface area contributed by atoms with Crippen LogP contribution in [-0.4, -0.2) is 22.3 Å². The zero-order valence-corrected chi connectivity index (χ0v) is 12.4. The zero-order valence-electron chi connectivity index (χ0n) is 10.8. The minimum Gasteiger partial charge on any atom is -0.299 e. The van der Waals surface area contributed by atoms with Crippen molar-refractivity contribution in [2.24, 2.45) is 0 Å². The Hall–Kier alpha value is -1.36. The van der Waals surface area contributed by atoms with Crippen molar-refractivity contribution in [3.8, 4) is 0 Å². The number of nitrogens with zero attached hydrogens (tertiary/aromatic N) is 3. The van der Waals surface area contributed by atoms with Crippen LogP contribution in [0.3, 0.4) is 0 Å². The van der Waals surface area contributed by atoms with Crippen LogP contribution in [0.1, 0.15) is 25.1 Å². The number of fused-ring (bicyclic) bond motifs is 1. The summed E-state index contributed by atoms with van der Waals surface area (Å²) < 4.78 is 2.96. The number of hydrogen-bond acceptors (Lipinski definition) is 2. The number of rotatable bonds is 4. The normalized spacial score (nSPS) is 10.9. The van der Waals surface area contributed by atoms with E-state index in [1.54, 1.807) is 4.90 Å². The van der Waals surface area contributed by atoms with Gasteiger partial charge in [0.15, 0.2) is 0 Å². The van der Waals surface area contributed by atoms with Gasteiger partial charge >= 0.3 is 0 Å². The summed E-state index contributed by atoms with van der Waals surface area (Å²) in [5.74, 6) is 0.870. The smallest absolute Gasteiger partial charge is 0.215 e. The molecule has 1 amide bonds. The molecule has 0 aliphatic rings. The molecule has 0 radical (unpaired) electrons. The number of aryl methyl sites for hydroxylation is 2. The summed E-state index contributed by atoms with van der Waals surface area (Å²) in [4.78, 5) is 17.5. The van der Waals surface area contributed by atoms with Gasteiger partial charge in [-0.25, -0.2) is 4.98 Å². The quantitative estimate of drug-likeness (QED) is 0.814. The molecule has 5 heteroatoms. The number of imidazole rings is 1. The SMILES string of the molecule is CCc1nc2c(C)cc(Br)cn2c1N(C=O)CC. The lowest BCUT2D eigenvalue weighted by molar-refractivity contribution is -0.107. The first-order valence-electron chi connectivity index (χ1n) is 6.01. The summed E-state index contributed by atoms with van der Waals surface area (Å²) in [6.45, 7) is 6.66. The number of pyridine rings is 1. The number of carbonyl (C=O) groups excluding carboxylic acids is 1. The summed E-state index contributed by atoms with van der Waals surface area (Å²) in [6, 6.07) is 2.03. The van der Waals surface area contributed by atoms with E-state index in [1.807, 2.05) is 37.4 Å². The van der Waals surface area contributed by atoms with E-state index in [0.29, 0.717) is 6.54 Å². The van der Waals surface area contributed by atoms with Crippen LogP contribution in [0.5, 0.6) is 0 Å². The third-order valence-electron chi connectivity index (χ3n) is 2.99. The number of anilines is 1. The molecule has 0 atom stereocenters. The molecular formula is C13H16BrN3O. The van der Waals surface area contributed by atoms with Crippen molar-refractivity contribution in [1.29, 1.82) is 0 Å². The molecule has 0 saturated heterocycles. The average molecular weight is 310 g/mol. The van der Waals surface area contributed by atoms with Crippen LogP contribution in [0.25, 0.3) is 5.65 Å². The van der Waals surface area contributed by atoms with E-state index in [9.17, 15) is 4.79 Å². The summed E-state index contributed by atoms with van der Waals surface area (Å²) in [5, 5.41) is 0. The second-order valence-corrected chi connectivity index (χ2v) is 5.08. The van der Waals surface area contributed by atoms with Crippen LogP contribution in [0.4, 0.5) is 5.82 Å². The molecule has 0 aromatic carbocycles. The molecule has 0 spiro atoms. The van der Waals surface area contributed by atoms with Gasteiger partial charge < -0.3 is 0 Å². The number of halogens is 1. The van der Waals surface area contributed by atoms with Crippen LogP contribution in [0.2, 0.25) is 0 Å². The highest BCUT2D eigenvalue weighted by Crippen LogP contribution is 2.26. The largest absolute Gasteiger partial charge is 0.299 e. The van der Waals surface area contributed by atoms with Gasteiger partial charge in [0.05, 0.1) is 5.69 Å². The van der Waals surface area contributed by atoms with Crippen molar-refractivity contribution in [3.63, 3.8) is 0 Å². The van der Waals surface area contributed by atoms with Crippen molar-refractivity contribution >= 4 is 33.8 Å². The van der Waals surface area contributed by atoms with Gasteiger partial charge in [-0.1, -0.05) is 6.92 Å². The molecule has 0 aliphatic heterocycles. The van der Waals surface area contributed by atoms with Gasteiger partial charge in [-0.2, -0.15) is 0 Å². The summed E-state index contributed by atoms with van der Waals surface area (Å²) in [6.07, 6.45) is 3.62. The number of aromatic nitrogens is 2. The molecule has 96 valence electrons. The maximum Gasteiger partial charge on any atom is 0.215 e. The number of hydrogen-bond donors (Lipinski definition) is 0. The first-order valence-corrected chi connectivity index (χ1v) is 6.80. The van der Waals surface area contributed by atoms with E-state index in [1.165, 1.54) is 0 Å². The average Bonchev–Trinajstić information content (AvgIpc) is 2.70. The van der Waals surface area contributed by atoms with Gasteiger partial charge in [-0.05, 0) is 47.8 Å². The fraction of sp³-hybridized carbons (Fsp3) is 0.385. The minimum atomic E-state index is 0.635. The highest BCUT2D eigenvalue weighted by atomic mass is 79.9. The zero-order chi connectivity index (χ0) is 13.3. The highest BCUT2D eigenvalue weighted by Gasteiger charge is 2.17. The van der Waals surface area contributed by atoms with Crippen molar-refractivity contribution in [2.45, 2.75) is 27.2 Å². The maximum absolute atomic E-state index is 11.2. The maximum atomic E-state index is 11.2. The molecule has 0 N–H and O–H groups in total. The van der Waals surface area contributed by atoms with Crippen molar-refractivity contribution < 1.29 is 4.79 Å².